The monoisotopic (exact) mass is 314 g/mol. The van der Waals surface area contributed by atoms with Crippen LogP contribution in [0.5, 0.6) is 0 Å². The molecule has 0 aromatic carbocycles. The molecule has 0 unspecified atom stereocenters. The number of nitrogens with zero attached hydrogens (tertiary/aromatic N) is 5. The molecule has 23 heavy (non-hydrogen) atoms. The van der Waals surface area contributed by atoms with E-state index in [1.165, 1.54) is 10.6 Å². The summed E-state index contributed by atoms with van der Waals surface area (Å²) >= 11 is 0. The van der Waals surface area contributed by atoms with Crippen molar-refractivity contribution in [2.75, 3.05) is 19.0 Å². The Balaban J connectivity index is 2.65. The average molecular weight is 314 g/mol. The van der Waals surface area contributed by atoms with E-state index in [9.17, 15) is 9.59 Å². The van der Waals surface area contributed by atoms with E-state index in [1.807, 2.05) is 31.1 Å². The highest BCUT2D eigenvalue weighted by molar-refractivity contribution is 5.41. The van der Waals surface area contributed by atoms with Crippen LogP contribution in [0.25, 0.3) is 5.95 Å². The van der Waals surface area contributed by atoms with Crippen molar-refractivity contribution >= 4 is 5.69 Å². The van der Waals surface area contributed by atoms with Gasteiger partial charge in [-0.2, -0.15) is 4.57 Å². The molecule has 0 spiro atoms. The van der Waals surface area contributed by atoms with Crippen molar-refractivity contribution in [3.05, 3.63) is 70.8 Å². The Bertz CT molecular complexity index is 831. The van der Waals surface area contributed by atoms with Gasteiger partial charge in [-0.05, 0) is 17.1 Å². The topological polar surface area (TPSA) is 64.0 Å². The van der Waals surface area contributed by atoms with Gasteiger partial charge in [-0.3, -0.25) is 0 Å². The van der Waals surface area contributed by atoms with Gasteiger partial charge < -0.3 is 4.90 Å². The number of anilines is 1. The molecule has 2 heterocycles. The molecule has 2 aromatic heterocycles. The van der Waals surface area contributed by atoms with E-state index in [2.05, 4.69) is 18.1 Å². The van der Waals surface area contributed by atoms with Crippen LogP contribution in [0.1, 0.15) is 0 Å². The summed E-state index contributed by atoms with van der Waals surface area (Å²) in [6.07, 6.45) is 6.59. The molecule has 0 aliphatic carbocycles. The predicted molar refractivity (Wildman–Crippen MR) is 89.0 cm³/mol. The zero-order valence-corrected chi connectivity index (χ0v) is 13.3. The van der Waals surface area contributed by atoms with Crippen LogP contribution in [0.15, 0.2) is 59.4 Å². The van der Waals surface area contributed by atoms with Crippen molar-refractivity contribution < 1.29 is 4.57 Å². The lowest BCUT2D eigenvalue weighted by molar-refractivity contribution is -0.606. The van der Waals surface area contributed by atoms with Gasteiger partial charge in [0.1, 0.15) is 0 Å². The van der Waals surface area contributed by atoms with Crippen molar-refractivity contribution in [3.63, 3.8) is 0 Å². The van der Waals surface area contributed by atoms with Crippen LogP contribution in [-0.4, -0.2) is 28.2 Å². The minimum atomic E-state index is -0.602. The summed E-state index contributed by atoms with van der Waals surface area (Å²) in [4.78, 5) is 30.6. The second-order valence-electron chi connectivity index (χ2n) is 5.13. The van der Waals surface area contributed by atoms with Crippen LogP contribution in [0.4, 0.5) is 5.69 Å². The SMILES string of the molecule is C=CCn1c(-[n+]2ccc(N(C)C)cc2)nc(=O)n(CC=C)c1=O. The summed E-state index contributed by atoms with van der Waals surface area (Å²) in [5.74, 6) is 0.255. The summed E-state index contributed by atoms with van der Waals surface area (Å²) in [5.41, 5.74) is -0.0442. The first-order valence-electron chi connectivity index (χ1n) is 7.12. The molecular formula is C16H20N5O2+. The molecule has 0 saturated heterocycles. The Morgan fingerprint density at radius 3 is 2.22 bits per heavy atom. The molecule has 0 fully saturated rings. The maximum absolute atomic E-state index is 12.5. The van der Waals surface area contributed by atoms with Crippen molar-refractivity contribution in [2.24, 2.45) is 0 Å². The van der Waals surface area contributed by atoms with Gasteiger partial charge in [0.05, 0.1) is 25.5 Å². The fourth-order valence-electron chi connectivity index (χ4n) is 2.14. The number of pyridine rings is 1. The summed E-state index contributed by atoms with van der Waals surface area (Å²) in [7, 11) is 3.87. The van der Waals surface area contributed by atoms with Crippen LogP contribution in [0.2, 0.25) is 0 Å². The van der Waals surface area contributed by atoms with E-state index in [0.29, 0.717) is 0 Å². The molecule has 2 rings (SSSR count). The zero-order chi connectivity index (χ0) is 17.0. The van der Waals surface area contributed by atoms with Gasteiger partial charge in [0, 0.05) is 19.8 Å². The molecular weight excluding hydrogens is 294 g/mol. The van der Waals surface area contributed by atoms with Gasteiger partial charge in [-0.25, -0.2) is 18.7 Å². The molecule has 0 saturated carbocycles. The fraction of sp³-hybridized carbons (Fsp3) is 0.250. The zero-order valence-electron chi connectivity index (χ0n) is 13.3. The van der Waals surface area contributed by atoms with Gasteiger partial charge in [0.15, 0.2) is 0 Å². The Kier molecular flexibility index (Phi) is 4.90. The van der Waals surface area contributed by atoms with Gasteiger partial charge in [-0.15, -0.1) is 6.58 Å². The van der Waals surface area contributed by atoms with Gasteiger partial charge in [0.2, 0.25) is 0 Å². The third kappa shape index (κ3) is 3.28. The molecule has 0 radical (unpaired) electrons. The first-order valence-corrected chi connectivity index (χ1v) is 7.12. The molecule has 0 aliphatic rings. The third-order valence-electron chi connectivity index (χ3n) is 3.31. The quantitative estimate of drug-likeness (QED) is 0.561. The first kappa shape index (κ1) is 16.4. The van der Waals surface area contributed by atoms with Gasteiger partial charge in [-0.1, -0.05) is 18.7 Å². The first-order chi connectivity index (χ1) is 11.0. The summed E-state index contributed by atoms with van der Waals surface area (Å²) in [6.45, 7) is 7.58. The largest absolute Gasteiger partial charge is 0.428 e. The highest BCUT2D eigenvalue weighted by Crippen LogP contribution is 2.06. The third-order valence-corrected chi connectivity index (χ3v) is 3.31. The van der Waals surface area contributed by atoms with Crippen molar-refractivity contribution in [1.82, 2.24) is 14.1 Å². The van der Waals surface area contributed by atoms with Crippen LogP contribution in [-0.2, 0) is 13.1 Å². The van der Waals surface area contributed by atoms with E-state index in [1.54, 1.807) is 23.0 Å². The summed E-state index contributed by atoms with van der Waals surface area (Å²) < 4.78 is 4.07. The van der Waals surface area contributed by atoms with Crippen LogP contribution in [0.3, 0.4) is 0 Å². The van der Waals surface area contributed by atoms with E-state index >= 15 is 0 Å². The maximum atomic E-state index is 12.5. The fourth-order valence-corrected chi connectivity index (χ4v) is 2.14. The second-order valence-corrected chi connectivity index (χ2v) is 5.13. The summed E-state index contributed by atoms with van der Waals surface area (Å²) in [6, 6.07) is 3.75. The minimum absolute atomic E-state index is 0.117. The lowest BCUT2D eigenvalue weighted by Crippen LogP contribution is -2.48. The molecule has 0 atom stereocenters. The molecule has 7 heteroatoms. The molecule has 120 valence electrons. The Hall–Kier alpha value is -2.96. The van der Waals surface area contributed by atoms with Gasteiger partial charge >= 0.3 is 17.3 Å². The smallest absolute Gasteiger partial charge is 0.377 e. The van der Waals surface area contributed by atoms with E-state index in [-0.39, 0.29) is 19.0 Å². The van der Waals surface area contributed by atoms with E-state index in [0.717, 1.165) is 10.3 Å². The Morgan fingerprint density at radius 1 is 1.13 bits per heavy atom. The molecule has 0 amide bonds. The normalized spacial score (nSPS) is 10.3. The molecule has 0 N–H and O–H groups in total. The average Bonchev–Trinajstić information content (AvgIpc) is 2.54. The van der Waals surface area contributed by atoms with Crippen LogP contribution in [0, 0.1) is 0 Å². The van der Waals surface area contributed by atoms with E-state index in [4.69, 9.17) is 0 Å². The molecule has 0 aliphatic heterocycles. The number of hydrogen-bond donors (Lipinski definition) is 0. The minimum Gasteiger partial charge on any atom is -0.377 e. The van der Waals surface area contributed by atoms with Crippen molar-refractivity contribution in [3.8, 4) is 5.95 Å². The lowest BCUT2D eigenvalue weighted by atomic mass is 10.4. The van der Waals surface area contributed by atoms with Crippen molar-refractivity contribution in [1.29, 1.82) is 0 Å². The number of aromatic nitrogens is 4. The lowest BCUT2D eigenvalue weighted by Gasteiger charge is -2.12. The predicted octanol–water partition coefficient (Wildman–Crippen LogP) is 0.120. The molecule has 7 nitrogen and oxygen atoms in total. The number of allylic oxidation sites excluding steroid dienone is 2. The maximum Gasteiger partial charge on any atom is 0.428 e. The highest BCUT2D eigenvalue weighted by atomic mass is 16.2. The van der Waals surface area contributed by atoms with Crippen LogP contribution >= 0.6 is 0 Å². The second kappa shape index (κ2) is 6.87. The summed E-state index contributed by atoms with van der Waals surface area (Å²) in [5, 5.41) is 0. The van der Waals surface area contributed by atoms with Gasteiger partial charge in [0.25, 0.3) is 0 Å². The van der Waals surface area contributed by atoms with Crippen LogP contribution < -0.4 is 20.8 Å². The highest BCUT2D eigenvalue weighted by Gasteiger charge is 2.21. The Labute approximate surface area is 134 Å². The number of hydrogen-bond acceptors (Lipinski definition) is 4. The van der Waals surface area contributed by atoms with Crippen molar-refractivity contribution in [2.45, 2.75) is 13.1 Å². The molecule has 2 aromatic rings. The number of rotatable bonds is 6. The molecule has 0 bridgehead atoms. The Morgan fingerprint density at radius 2 is 1.70 bits per heavy atom. The van der Waals surface area contributed by atoms with E-state index < -0.39 is 11.4 Å². The standard InChI is InChI=1S/C16H20N5O2/c1-5-9-20-14(17-15(22)21(10-6-2)16(20)23)19-11-7-13(8-12-19)18(3)4/h5-8,11-12H,1-2,9-10H2,3-4H3/q+1.